The number of aromatic nitrogens is 2. The van der Waals surface area contributed by atoms with Gasteiger partial charge in [-0.1, -0.05) is 39.6 Å². The summed E-state index contributed by atoms with van der Waals surface area (Å²) in [5, 5.41) is 4.65. The summed E-state index contributed by atoms with van der Waals surface area (Å²) in [5.74, 6) is 0.311. The van der Waals surface area contributed by atoms with Crippen LogP contribution in [-0.4, -0.2) is 79.9 Å². The standard InChI is InChI=1S/C21H31N6O3/c1-8-13-11-14(9-2)27(23-13)19-22-17-16(25(19)10-3)18(29)26(20(30)24(17)7)12-15(28)21(4,5)6/h11,16H,8-10,12H2,1-7H3/q+1. The summed E-state index contributed by atoms with van der Waals surface area (Å²) in [4.78, 5) is 45.9. The number of Topliss-reactive ketones (excluding diaryl/α,β-unsaturated/α-hetero) is 1. The van der Waals surface area contributed by atoms with Gasteiger partial charge in [0.25, 0.3) is 5.91 Å². The average molecular weight is 416 g/mol. The summed E-state index contributed by atoms with van der Waals surface area (Å²) in [6.45, 7) is 11.6. The van der Waals surface area contributed by atoms with Crippen LogP contribution in [-0.2, 0) is 22.4 Å². The van der Waals surface area contributed by atoms with Gasteiger partial charge in [-0.15, -0.1) is 9.78 Å². The number of nitrogens with zero attached hydrogens (tertiary/aromatic N) is 6. The van der Waals surface area contributed by atoms with Crippen LogP contribution in [0.5, 0.6) is 0 Å². The van der Waals surface area contributed by atoms with Crippen molar-refractivity contribution >= 4 is 29.5 Å². The van der Waals surface area contributed by atoms with Gasteiger partial charge in [0.15, 0.2) is 5.78 Å². The van der Waals surface area contributed by atoms with Crippen molar-refractivity contribution in [1.29, 1.82) is 0 Å². The highest BCUT2D eigenvalue weighted by molar-refractivity contribution is 6.23. The molecule has 0 bridgehead atoms. The van der Waals surface area contributed by atoms with Crippen LogP contribution in [0.25, 0.3) is 0 Å². The topological polar surface area (TPSA) is 90.9 Å². The molecule has 1 atom stereocenters. The highest BCUT2D eigenvalue weighted by Gasteiger charge is 2.53. The molecule has 1 unspecified atom stereocenters. The average Bonchev–Trinajstić information content (AvgIpc) is 3.29. The van der Waals surface area contributed by atoms with E-state index in [1.54, 1.807) is 32.5 Å². The zero-order valence-corrected chi connectivity index (χ0v) is 18.9. The lowest BCUT2D eigenvalue weighted by Gasteiger charge is -2.34. The van der Waals surface area contributed by atoms with Crippen LogP contribution < -0.4 is 0 Å². The Labute approximate surface area is 177 Å². The Morgan fingerprint density at radius 2 is 1.83 bits per heavy atom. The third kappa shape index (κ3) is 3.46. The lowest BCUT2D eigenvalue weighted by molar-refractivity contribution is -0.534. The van der Waals surface area contributed by atoms with Crippen molar-refractivity contribution in [3.05, 3.63) is 17.5 Å². The summed E-state index contributed by atoms with van der Waals surface area (Å²) in [6.07, 6.45) is 1.55. The van der Waals surface area contributed by atoms with Gasteiger partial charge in [-0.25, -0.2) is 9.37 Å². The molecule has 0 N–H and O–H groups in total. The van der Waals surface area contributed by atoms with Crippen molar-refractivity contribution in [2.75, 3.05) is 20.1 Å². The first-order valence-corrected chi connectivity index (χ1v) is 10.5. The smallest absolute Gasteiger partial charge is 0.297 e. The molecule has 3 amide bonds. The van der Waals surface area contributed by atoms with Crippen molar-refractivity contribution in [2.45, 2.75) is 60.4 Å². The van der Waals surface area contributed by atoms with E-state index in [9.17, 15) is 14.4 Å². The number of carbonyl (C=O) groups excluding carboxylic acids is 3. The van der Waals surface area contributed by atoms with Gasteiger partial charge < -0.3 is 0 Å². The largest absolute Gasteiger partial charge is 0.421 e. The van der Waals surface area contributed by atoms with Crippen LogP contribution in [0.4, 0.5) is 4.79 Å². The first-order chi connectivity index (χ1) is 14.0. The minimum Gasteiger partial charge on any atom is -0.297 e. The number of aryl methyl sites for hydroxylation is 2. The van der Waals surface area contributed by atoms with Crippen LogP contribution in [0.15, 0.2) is 11.1 Å². The molecule has 1 saturated heterocycles. The maximum Gasteiger partial charge on any atom is 0.421 e. The fraction of sp³-hybridized carbons (Fsp3) is 0.619. The molecule has 1 aromatic rings. The number of carbonyl (C=O) groups is 3. The van der Waals surface area contributed by atoms with E-state index in [0.29, 0.717) is 18.3 Å². The number of hydrogen-bond donors (Lipinski definition) is 0. The van der Waals surface area contributed by atoms with E-state index in [1.165, 1.54) is 4.90 Å². The molecule has 9 nitrogen and oxygen atoms in total. The van der Waals surface area contributed by atoms with Crippen LogP contribution in [0.1, 0.15) is 52.9 Å². The zero-order valence-electron chi connectivity index (χ0n) is 18.9. The van der Waals surface area contributed by atoms with Crippen LogP contribution in [0.3, 0.4) is 0 Å². The molecule has 162 valence electrons. The van der Waals surface area contributed by atoms with Crippen LogP contribution in [0, 0.1) is 5.41 Å². The molecular formula is C21H31N6O3+. The number of ketones is 1. The molecule has 1 aromatic heterocycles. The number of urea groups is 1. The van der Waals surface area contributed by atoms with Crippen molar-refractivity contribution in [3.8, 4) is 0 Å². The van der Waals surface area contributed by atoms with Crippen molar-refractivity contribution < 1.29 is 19.0 Å². The zero-order chi connectivity index (χ0) is 22.4. The van der Waals surface area contributed by atoms with E-state index in [4.69, 9.17) is 0 Å². The Kier molecular flexibility index (Phi) is 5.66. The highest BCUT2D eigenvalue weighted by atomic mass is 16.2. The van der Waals surface area contributed by atoms with E-state index in [-0.39, 0.29) is 12.3 Å². The third-order valence-electron chi connectivity index (χ3n) is 5.62. The Balaban J connectivity index is 2.06. The van der Waals surface area contributed by atoms with Gasteiger partial charge in [-0.3, -0.25) is 19.4 Å². The Morgan fingerprint density at radius 1 is 1.17 bits per heavy atom. The molecule has 1 fully saturated rings. The summed E-state index contributed by atoms with van der Waals surface area (Å²) in [7, 11) is 1.59. The summed E-state index contributed by atoms with van der Waals surface area (Å²) in [6, 6.07) is 0.753. The number of rotatable bonds is 5. The summed E-state index contributed by atoms with van der Waals surface area (Å²) >= 11 is 0. The molecule has 3 heterocycles. The molecule has 0 saturated carbocycles. The van der Waals surface area contributed by atoms with E-state index in [1.807, 2.05) is 31.4 Å². The van der Waals surface area contributed by atoms with Crippen LogP contribution >= 0.6 is 0 Å². The Bertz CT molecular complexity index is 966. The number of aliphatic imine (C=N–C) groups is 1. The molecule has 3 rings (SSSR count). The molecule has 0 aliphatic carbocycles. The van der Waals surface area contributed by atoms with Gasteiger partial charge in [0.2, 0.25) is 11.9 Å². The SMILES string of the molecule is CCc1cc(CC)n(C2=[N+](CC)C3C(=O)N(CC(=O)C(C)(C)C)C(=O)N(C)C3=N2)n1. The first kappa shape index (κ1) is 21.9. The van der Waals surface area contributed by atoms with Gasteiger partial charge >= 0.3 is 12.0 Å². The maximum absolute atomic E-state index is 13.3. The summed E-state index contributed by atoms with van der Waals surface area (Å²) < 4.78 is 3.62. The second-order valence-corrected chi connectivity index (χ2v) is 8.64. The second kappa shape index (κ2) is 7.77. The summed E-state index contributed by atoms with van der Waals surface area (Å²) in [5.41, 5.74) is 1.29. The maximum atomic E-state index is 13.3. The van der Waals surface area contributed by atoms with E-state index in [2.05, 4.69) is 10.1 Å². The van der Waals surface area contributed by atoms with Gasteiger partial charge in [-0.05, 0) is 19.4 Å². The Hall–Kier alpha value is -2.84. The van der Waals surface area contributed by atoms with Gasteiger partial charge in [0.05, 0.1) is 18.8 Å². The van der Waals surface area contributed by atoms with E-state index in [0.717, 1.165) is 29.1 Å². The first-order valence-electron chi connectivity index (χ1n) is 10.5. The fourth-order valence-electron chi connectivity index (χ4n) is 3.60. The highest BCUT2D eigenvalue weighted by Crippen LogP contribution is 2.23. The van der Waals surface area contributed by atoms with Crippen LogP contribution in [0.2, 0.25) is 0 Å². The number of likely N-dealkylation sites (N-methyl/N-ethyl adjacent to an activating group) is 2. The molecule has 2 aliphatic heterocycles. The lowest BCUT2D eigenvalue weighted by Crippen LogP contribution is -2.64. The van der Waals surface area contributed by atoms with Crippen molar-refractivity contribution in [1.82, 2.24) is 19.6 Å². The third-order valence-corrected chi connectivity index (χ3v) is 5.62. The molecule has 30 heavy (non-hydrogen) atoms. The number of fused-ring (bicyclic) bond motifs is 1. The molecular weight excluding hydrogens is 384 g/mol. The molecule has 9 heteroatoms. The predicted octanol–water partition coefficient (Wildman–Crippen LogP) is 1.53. The number of amidine groups is 1. The molecule has 0 aromatic carbocycles. The van der Waals surface area contributed by atoms with Gasteiger partial charge in [0.1, 0.15) is 5.69 Å². The fourth-order valence-corrected chi connectivity index (χ4v) is 3.60. The normalized spacial score (nSPS) is 19.6. The quantitative estimate of drug-likeness (QED) is 0.682. The number of amides is 3. The monoisotopic (exact) mass is 415 g/mol. The van der Waals surface area contributed by atoms with Crippen molar-refractivity contribution in [2.24, 2.45) is 10.4 Å². The lowest BCUT2D eigenvalue weighted by atomic mass is 9.90. The minimum atomic E-state index is -0.751. The van der Waals surface area contributed by atoms with E-state index >= 15 is 0 Å². The van der Waals surface area contributed by atoms with Crippen molar-refractivity contribution in [3.63, 3.8) is 0 Å². The minimum absolute atomic E-state index is 0.170. The molecule has 2 aliphatic rings. The second-order valence-electron chi connectivity index (χ2n) is 8.64. The predicted molar refractivity (Wildman–Crippen MR) is 113 cm³/mol. The Morgan fingerprint density at radius 3 is 2.37 bits per heavy atom. The van der Waals surface area contributed by atoms with E-state index < -0.39 is 23.4 Å². The van der Waals surface area contributed by atoms with Gasteiger partial charge in [-0.2, -0.15) is 0 Å². The number of imide groups is 1. The number of hydrogen-bond acceptors (Lipinski definition) is 5. The molecule has 0 radical (unpaired) electrons. The molecule has 0 spiro atoms. The van der Waals surface area contributed by atoms with Gasteiger partial charge in [0, 0.05) is 18.9 Å².